The average molecular weight is 365 g/mol. The van der Waals surface area contributed by atoms with Crippen molar-refractivity contribution in [3.63, 3.8) is 0 Å². The van der Waals surface area contributed by atoms with Crippen molar-refractivity contribution in [1.29, 1.82) is 0 Å². The van der Waals surface area contributed by atoms with Crippen LogP contribution in [0.1, 0.15) is 16.2 Å². The van der Waals surface area contributed by atoms with Gasteiger partial charge in [0.2, 0.25) is 0 Å². The third-order valence-corrected chi connectivity index (χ3v) is 3.80. The summed E-state index contributed by atoms with van der Waals surface area (Å²) >= 11 is 0. The topological polar surface area (TPSA) is 131 Å². The molecule has 4 aromatic rings. The largest absolute Gasteiger partial charge is 0.464 e. The van der Waals surface area contributed by atoms with Gasteiger partial charge in [-0.3, -0.25) is 0 Å². The van der Waals surface area contributed by atoms with Crippen molar-refractivity contribution in [3.8, 4) is 11.8 Å². The van der Waals surface area contributed by atoms with E-state index >= 15 is 0 Å². The smallest absolute Gasteiger partial charge is 0.356 e. The predicted molar refractivity (Wildman–Crippen MR) is 96.1 cm³/mol. The third-order valence-electron chi connectivity index (χ3n) is 3.80. The molecule has 0 saturated carbocycles. The third kappa shape index (κ3) is 3.40. The molecule has 0 amide bonds. The number of hydrogen-bond donors (Lipinski definition) is 3. The van der Waals surface area contributed by atoms with Crippen LogP contribution in [0.25, 0.3) is 10.9 Å². The highest BCUT2D eigenvalue weighted by Crippen LogP contribution is 2.25. The molecule has 0 aliphatic carbocycles. The molecule has 10 heteroatoms. The van der Waals surface area contributed by atoms with Gasteiger partial charge in [-0.25, -0.2) is 4.79 Å². The van der Waals surface area contributed by atoms with Crippen LogP contribution in [0.5, 0.6) is 11.8 Å². The zero-order chi connectivity index (χ0) is 18.8. The molecule has 0 fully saturated rings. The number of nitrogens with one attached hydrogen (secondary N) is 3. The van der Waals surface area contributed by atoms with Gasteiger partial charge in [0.25, 0.3) is 0 Å². The molecule has 0 spiro atoms. The van der Waals surface area contributed by atoms with Gasteiger partial charge in [0.05, 0.1) is 7.11 Å². The van der Waals surface area contributed by atoms with Crippen LogP contribution in [0.4, 0.5) is 11.6 Å². The first-order valence-electron chi connectivity index (χ1n) is 7.99. The first kappa shape index (κ1) is 16.5. The highest BCUT2D eigenvalue weighted by Gasteiger charge is 2.15. The lowest BCUT2D eigenvalue weighted by Gasteiger charge is -2.09. The maximum atomic E-state index is 11.9. The maximum Gasteiger partial charge on any atom is 0.356 e. The number of aryl methyl sites for hydroxylation is 1. The number of esters is 1. The number of ether oxygens (including phenoxy) is 2. The molecule has 0 aliphatic rings. The van der Waals surface area contributed by atoms with Crippen molar-refractivity contribution in [3.05, 3.63) is 47.9 Å². The summed E-state index contributed by atoms with van der Waals surface area (Å²) in [6, 6.07) is 8.87. The van der Waals surface area contributed by atoms with Crippen LogP contribution in [-0.2, 0) is 4.74 Å². The lowest BCUT2D eigenvalue weighted by Crippen LogP contribution is -2.08. The minimum atomic E-state index is -0.608. The number of fused-ring (bicyclic) bond motifs is 1. The maximum absolute atomic E-state index is 11.9. The molecule has 4 rings (SSSR count). The number of rotatable bonds is 5. The highest BCUT2D eigenvalue weighted by molar-refractivity contribution is 5.88. The highest BCUT2D eigenvalue weighted by atomic mass is 16.5. The number of carbonyl (C=O) groups is 1. The van der Waals surface area contributed by atoms with Crippen molar-refractivity contribution in [1.82, 2.24) is 30.4 Å². The summed E-state index contributed by atoms with van der Waals surface area (Å²) < 4.78 is 10.5. The molecule has 0 saturated heterocycles. The fraction of sp³-hybridized carbons (Fsp3) is 0.118. The second kappa shape index (κ2) is 6.75. The molecule has 3 heterocycles. The SMILES string of the molecule is COC(=O)c1cc(Nc2n[nH]nc2C)nc(Oc2ccc3[nH]ccc3c2)n1. The van der Waals surface area contributed by atoms with Crippen LogP contribution in [0.15, 0.2) is 36.5 Å². The number of nitrogens with zero attached hydrogens (tertiary/aromatic N) is 4. The Morgan fingerprint density at radius 3 is 2.81 bits per heavy atom. The molecule has 0 unspecified atom stereocenters. The Hall–Kier alpha value is -3.95. The lowest BCUT2D eigenvalue weighted by atomic mass is 10.2. The van der Waals surface area contributed by atoms with E-state index in [1.807, 2.05) is 24.4 Å². The van der Waals surface area contributed by atoms with Crippen LogP contribution in [-0.4, -0.2) is 43.4 Å². The number of hydrogen-bond acceptors (Lipinski definition) is 8. The summed E-state index contributed by atoms with van der Waals surface area (Å²) in [5.74, 6) is 0.722. The quantitative estimate of drug-likeness (QED) is 0.460. The fourth-order valence-electron chi connectivity index (χ4n) is 2.47. The molecule has 3 aromatic heterocycles. The number of aromatic amines is 2. The van der Waals surface area contributed by atoms with Crippen LogP contribution < -0.4 is 10.1 Å². The summed E-state index contributed by atoms with van der Waals surface area (Å²) in [4.78, 5) is 23.5. The number of H-pyrrole nitrogens is 2. The molecule has 1 aromatic carbocycles. The number of methoxy groups -OCH3 is 1. The molecule has 0 bridgehead atoms. The summed E-state index contributed by atoms with van der Waals surface area (Å²) in [6.45, 7) is 1.78. The Kier molecular flexibility index (Phi) is 4.13. The van der Waals surface area contributed by atoms with Crippen molar-refractivity contribution in [2.75, 3.05) is 12.4 Å². The number of carbonyl (C=O) groups excluding carboxylic acids is 1. The van der Waals surface area contributed by atoms with Crippen LogP contribution in [0.2, 0.25) is 0 Å². The Morgan fingerprint density at radius 2 is 2.04 bits per heavy atom. The molecular weight excluding hydrogens is 350 g/mol. The van der Waals surface area contributed by atoms with Gasteiger partial charge in [0.15, 0.2) is 11.5 Å². The van der Waals surface area contributed by atoms with Crippen LogP contribution in [0.3, 0.4) is 0 Å². The van der Waals surface area contributed by atoms with E-state index in [2.05, 4.69) is 35.7 Å². The van der Waals surface area contributed by atoms with E-state index in [9.17, 15) is 4.79 Å². The van der Waals surface area contributed by atoms with E-state index in [4.69, 9.17) is 9.47 Å². The zero-order valence-corrected chi connectivity index (χ0v) is 14.5. The van der Waals surface area contributed by atoms with Gasteiger partial charge in [-0.05, 0) is 31.2 Å². The van der Waals surface area contributed by atoms with Gasteiger partial charge in [-0.1, -0.05) is 0 Å². The predicted octanol–water partition coefficient (Wildman–Crippen LogP) is 2.71. The van der Waals surface area contributed by atoms with Gasteiger partial charge < -0.3 is 19.8 Å². The van der Waals surface area contributed by atoms with Crippen molar-refractivity contribution >= 4 is 28.5 Å². The van der Waals surface area contributed by atoms with Gasteiger partial charge in [0, 0.05) is 23.2 Å². The Labute approximate surface area is 152 Å². The van der Waals surface area contributed by atoms with Gasteiger partial charge in [0.1, 0.15) is 17.3 Å². The Balaban J connectivity index is 1.68. The van der Waals surface area contributed by atoms with Crippen LogP contribution in [0, 0.1) is 6.92 Å². The minimum absolute atomic E-state index is 0.00330. The second-order valence-electron chi connectivity index (χ2n) is 5.62. The molecule has 3 N–H and O–H groups in total. The normalized spacial score (nSPS) is 10.7. The molecule has 0 radical (unpaired) electrons. The fourth-order valence-corrected chi connectivity index (χ4v) is 2.47. The minimum Gasteiger partial charge on any atom is -0.464 e. The van der Waals surface area contributed by atoms with E-state index in [-0.39, 0.29) is 11.7 Å². The standard InChI is InChI=1S/C17H15N7O3/c1-9-15(23-24-22-9)20-14-8-13(16(25)26-2)19-17(21-14)27-11-3-4-12-10(7-11)5-6-18-12/h3-8,18H,1-2H3,(H2,19,20,21,22,23,24). The second-order valence-corrected chi connectivity index (χ2v) is 5.62. The average Bonchev–Trinajstić information content (AvgIpc) is 3.29. The molecule has 136 valence electrons. The van der Waals surface area contributed by atoms with Crippen molar-refractivity contribution < 1.29 is 14.3 Å². The number of aromatic nitrogens is 6. The van der Waals surface area contributed by atoms with E-state index in [0.29, 0.717) is 23.1 Å². The number of anilines is 2. The zero-order valence-electron chi connectivity index (χ0n) is 14.5. The molecule has 10 nitrogen and oxygen atoms in total. The number of benzene rings is 1. The Bertz CT molecular complexity index is 1120. The van der Waals surface area contributed by atoms with Crippen molar-refractivity contribution in [2.45, 2.75) is 6.92 Å². The molecule has 27 heavy (non-hydrogen) atoms. The van der Waals surface area contributed by atoms with Crippen molar-refractivity contribution in [2.24, 2.45) is 0 Å². The molecular formula is C17H15N7O3. The summed E-state index contributed by atoms with van der Waals surface area (Å²) in [5.41, 5.74) is 1.68. The summed E-state index contributed by atoms with van der Waals surface area (Å²) in [5, 5.41) is 14.4. The van der Waals surface area contributed by atoms with Gasteiger partial charge >= 0.3 is 12.0 Å². The van der Waals surface area contributed by atoms with Gasteiger partial charge in [-0.2, -0.15) is 20.3 Å². The van der Waals surface area contributed by atoms with E-state index < -0.39 is 5.97 Å². The Morgan fingerprint density at radius 1 is 1.15 bits per heavy atom. The van der Waals surface area contributed by atoms with Gasteiger partial charge in [-0.15, -0.1) is 5.10 Å². The molecule has 0 aliphatic heterocycles. The van der Waals surface area contributed by atoms with E-state index in [1.54, 1.807) is 13.0 Å². The first-order chi connectivity index (χ1) is 13.1. The summed E-state index contributed by atoms with van der Waals surface area (Å²) in [6.07, 6.45) is 1.84. The molecule has 0 atom stereocenters. The van der Waals surface area contributed by atoms with Crippen LogP contribution >= 0.6 is 0 Å². The lowest BCUT2D eigenvalue weighted by molar-refractivity contribution is 0.0593. The summed E-state index contributed by atoms with van der Waals surface area (Å²) in [7, 11) is 1.28. The monoisotopic (exact) mass is 365 g/mol. The van der Waals surface area contributed by atoms with E-state index in [0.717, 1.165) is 10.9 Å². The first-order valence-corrected chi connectivity index (χ1v) is 7.99. The van der Waals surface area contributed by atoms with E-state index in [1.165, 1.54) is 13.2 Å².